The van der Waals surface area contributed by atoms with Crippen LogP contribution in [-0.4, -0.2) is 43.4 Å². The predicted octanol–water partition coefficient (Wildman–Crippen LogP) is 2.82. The summed E-state index contributed by atoms with van der Waals surface area (Å²) >= 11 is 0. The van der Waals surface area contributed by atoms with Crippen LogP contribution < -0.4 is 0 Å². The van der Waals surface area contributed by atoms with Gasteiger partial charge in [0.2, 0.25) is 0 Å². The van der Waals surface area contributed by atoms with Crippen molar-refractivity contribution < 1.29 is 9.18 Å². The van der Waals surface area contributed by atoms with Gasteiger partial charge in [-0.15, -0.1) is 0 Å². The second-order valence-corrected chi connectivity index (χ2v) is 6.33. The summed E-state index contributed by atoms with van der Waals surface area (Å²) in [5, 5.41) is 0. The first-order valence-electron chi connectivity index (χ1n) is 8.56. The lowest BCUT2D eigenvalue weighted by Crippen LogP contribution is -2.39. The Morgan fingerprint density at radius 3 is 2.69 bits per heavy atom. The quantitative estimate of drug-likeness (QED) is 0.728. The van der Waals surface area contributed by atoms with Crippen molar-refractivity contribution in [2.24, 2.45) is 0 Å². The van der Waals surface area contributed by atoms with Crippen LogP contribution in [0.5, 0.6) is 0 Å². The van der Waals surface area contributed by atoms with Gasteiger partial charge in [0.1, 0.15) is 12.1 Å². The lowest BCUT2D eigenvalue weighted by Gasteiger charge is -2.33. The third-order valence-electron chi connectivity index (χ3n) is 4.64. The molecule has 6 nitrogen and oxygen atoms in total. The Hall–Kier alpha value is -3.09. The lowest BCUT2D eigenvalue weighted by molar-refractivity contribution is 0.0705. The van der Waals surface area contributed by atoms with Crippen molar-refractivity contribution in [2.75, 3.05) is 13.1 Å². The van der Waals surface area contributed by atoms with Crippen molar-refractivity contribution >= 4 is 5.91 Å². The molecule has 26 heavy (non-hydrogen) atoms. The number of aromatic nitrogens is 4. The number of carbonyl (C=O) groups is 1. The Labute approximate surface area is 150 Å². The van der Waals surface area contributed by atoms with Gasteiger partial charge in [-0.05, 0) is 37.1 Å². The SMILES string of the molecule is O=C(c1ccc(F)cc1)N1CCC[C@H](c2nccnc2-n2ccnc2)C1. The van der Waals surface area contributed by atoms with Gasteiger partial charge < -0.3 is 4.90 Å². The third kappa shape index (κ3) is 3.20. The molecule has 7 heteroatoms. The average Bonchev–Trinajstić information content (AvgIpc) is 3.23. The molecule has 0 spiro atoms. The van der Waals surface area contributed by atoms with E-state index in [-0.39, 0.29) is 17.6 Å². The summed E-state index contributed by atoms with van der Waals surface area (Å²) in [6.45, 7) is 1.25. The number of piperidine rings is 1. The van der Waals surface area contributed by atoms with E-state index in [2.05, 4.69) is 15.0 Å². The van der Waals surface area contributed by atoms with Crippen molar-refractivity contribution in [3.05, 3.63) is 72.5 Å². The van der Waals surface area contributed by atoms with Gasteiger partial charge in [0.05, 0.1) is 5.69 Å². The molecule has 0 aliphatic carbocycles. The summed E-state index contributed by atoms with van der Waals surface area (Å²) in [6.07, 6.45) is 10.4. The number of benzene rings is 1. The molecule has 1 atom stereocenters. The van der Waals surface area contributed by atoms with Gasteiger partial charge in [0.25, 0.3) is 5.91 Å². The minimum atomic E-state index is -0.345. The van der Waals surface area contributed by atoms with Crippen LogP contribution in [0.2, 0.25) is 0 Å². The zero-order valence-corrected chi connectivity index (χ0v) is 14.1. The second kappa shape index (κ2) is 7.03. The van der Waals surface area contributed by atoms with E-state index in [1.54, 1.807) is 24.9 Å². The van der Waals surface area contributed by atoms with Crippen LogP contribution in [0.3, 0.4) is 0 Å². The Kier molecular flexibility index (Phi) is 4.43. The number of hydrogen-bond acceptors (Lipinski definition) is 4. The Morgan fingerprint density at radius 1 is 1.12 bits per heavy atom. The summed E-state index contributed by atoms with van der Waals surface area (Å²) in [4.78, 5) is 27.6. The van der Waals surface area contributed by atoms with Crippen molar-refractivity contribution in [1.82, 2.24) is 24.4 Å². The first-order chi connectivity index (χ1) is 12.7. The molecular weight excluding hydrogens is 333 g/mol. The number of imidazole rings is 1. The van der Waals surface area contributed by atoms with E-state index < -0.39 is 0 Å². The minimum absolute atomic E-state index is 0.0808. The Bertz CT molecular complexity index is 895. The van der Waals surface area contributed by atoms with Crippen LogP contribution in [0, 0.1) is 5.82 Å². The van der Waals surface area contributed by atoms with Gasteiger partial charge in [-0.1, -0.05) is 0 Å². The summed E-state index contributed by atoms with van der Waals surface area (Å²) in [5.41, 5.74) is 1.36. The third-order valence-corrected chi connectivity index (χ3v) is 4.64. The number of hydrogen-bond donors (Lipinski definition) is 0. The van der Waals surface area contributed by atoms with Gasteiger partial charge in [0, 0.05) is 49.4 Å². The van der Waals surface area contributed by atoms with Crippen molar-refractivity contribution in [3.8, 4) is 5.82 Å². The molecule has 0 saturated carbocycles. The van der Waals surface area contributed by atoms with Gasteiger partial charge in [0.15, 0.2) is 5.82 Å². The first kappa shape index (κ1) is 16.4. The predicted molar refractivity (Wildman–Crippen MR) is 93.4 cm³/mol. The van der Waals surface area contributed by atoms with Crippen LogP contribution in [0.25, 0.3) is 5.82 Å². The van der Waals surface area contributed by atoms with Crippen molar-refractivity contribution in [1.29, 1.82) is 0 Å². The van der Waals surface area contributed by atoms with E-state index in [9.17, 15) is 9.18 Å². The number of halogens is 1. The van der Waals surface area contributed by atoms with Gasteiger partial charge in [-0.25, -0.2) is 14.4 Å². The molecular formula is C19H18FN5O. The largest absolute Gasteiger partial charge is 0.338 e. The molecule has 0 unspecified atom stereocenters. The standard InChI is InChI=1S/C19H18FN5O/c20-16-5-3-14(4-6-16)19(26)24-10-1-2-15(12-24)17-18(23-8-7-22-17)25-11-9-21-13-25/h3-9,11,13,15H,1-2,10,12H2/t15-/m0/s1. The molecule has 1 saturated heterocycles. The molecule has 0 N–H and O–H groups in total. The molecule has 1 aliphatic heterocycles. The molecule has 1 amide bonds. The smallest absolute Gasteiger partial charge is 0.253 e. The molecule has 1 fully saturated rings. The molecule has 3 heterocycles. The highest BCUT2D eigenvalue weighted by Gasteiger charge is 2.28. The summed E-state index contributed by atoms with van der Waals surface area (Å²) in [5.74, 6) is 0.413. The molecule has 3 aromatic rings. The van der Waals surface area contributed by atoms with Crippen molar-refractivity contribution in [3.63, 3.8) is 0 Å². The number of nitrogens with zero attached hydrogens (tertiary/aromatic N) is 5. The normalized spacial score (nSPS) is 17.3. The molecule has 2 aromatic heterocycles. The van der Waals surface area contributed by atoms with Gasteiger partial charge >= 0.3 is 0 Å². The van der Waals surface area contributed by atoms with E-state index in [1.807, 2.05) is 15.7 Å². The molecule has 4 rings (SSSR count). The first-order valence-corrected chi connectivity index (χ1v) is 8.56. The van der Waals surface area contributed by atoms with Crippen LogP contribution in [0.1, 0.15) is 34.8 Å². The highest BCUT2D eigenvalue weighted by Crippen LogP contribution is 2.29. The number of carbonyl (C=O) groups excluding carboxylic acids is 1. The van der Waals surface area contributed by atoms with Crippen LogP contribution in [-0.2, 0) is 0 Å². The Balaban J connectivity index is 1.58. The maximum Gasteiger partial charge on any atom is 0.253 e. The zero-order chi connectivity index (χ0) is 17.9. The average molecular weight is 351 g/mol. The molecule has 0 radical (unpaired) electrons. The molecule has 132 valence electrons. The monoisotopic (exact) mass is 351 g/mol. The highest BCUT2D eigenvalue weighted by atomic mass is 19.1. The maximum atomic E-state index is 13.1. The van der Waals surface area contributed by atoms with Crippen LogP contribution in [0.15, 0.2) is 55.4 Å². The minimum Gasteiger partial charge on any atom is -0.338 e. The van der Waals surface area contributed by atoms with E-state index in [0.717, 1.165) is 24.4 Å². The lowest BCUT2D eigenvalue weighted by atomic mass is 9.93. The Morgan fingerprint density at radius 2 is 1.92 bits per heavy atom. The topological polar surface area (TPSA) is 63.9 Å². The van der Waals surface area contributed by atoms with Gasteiger partial charge in [-0.2, -0.15) is 0 Å². The highest BCUT2D eigenvalue weighted by molar-refractivity contribution is 5.94. The van der Waals surface area contributed by atoms with Crippen LogP contribution >= 0.6 is 0 Å². The fourth-order valence-electron chi connectivity index (χ4n) is 3.37. The van der Waals surface area contributed by atoms with Crippen LogP contribution in [0.4, 0.5) is 4.39 Å². The zero-order valence-electron chi connectivity index (χ0n) is 14.1. The number of amides is 1. The molecule has 0 bridgehead atoms. The van der Waals surface area contributed by atoms with E-state index in [0.29, 0.717) is 18.7 Å². The fraction of sp³-hybridized carbons (Fsp3) is 0.263. The number of likely N-dealkylation sites (tertiary alicyclic amines) is 1. The summed E-state index contributed by atoms with van der Waals surface area (Å²) in [6, 6.07) is 5.68. The molecule has 1 aliphatic rings. The number of rotatable bonds is 3. The second-order valence-electron chi connectivity index (χ2n) is 6.33. The fourth-order valence-corrected chi connectivity index (χ4v) is 3.37. The summed E-state index contributed by atoms with van der Waals surface area (Å²) < 4.78 is 14.9. The van der Waals surface area contributed by atoms with Crippen molar-refractivity contribution in [2.45, 2.75) is 18.8 Å². The van der Waals surface area contributed by atoms with E-state index >= 15 is 0 Å². The molecule has 1 aromatic carbocycles. The van der Waals surface area contributed by atoms with E-state index in [1.165, 1.54) is 24.3 Å². The maximum absolute atomic E-state index is 13.1. The van der Waals surface area contributed by atoms with Gasteiger partial charge in [-0.3, -0.25) is 14.3 Å². The summed E-state index contributed by atoms with van der Waals surface area (Å²) in [7, 11) is 0. The van der Waals surface area contributed by atoms with E-state index in [4.69, 9.17) is 0 Å².